The SMILES string of the molecule is CCOc1cccc(NCC(=O)Nc2ccc(Br)cc2)c1. The molecular formula is C16H17BrN2O2. The molecular weight excluding hydrogens is 332 g/mol. The van der Waals surface area contributed by atoms with Gasteiger partial charge in [0.2, 0.25) is 5.91 Å². The number of benzene rings is 2. The zero-order chi connectivity index (χ0) is 15.1. The van der Waals surface area contributed by atoms with E-state index in [1.165, 1.54) is 0 Å². The number of ether oxygens (including phenoxy) is 1. The monoisotopic (exact) mass is 348 g/mol. The van der Waals surface area contributed by atoms with Crippen molar-refractivity contribution in [1.82, 2.24) is 0 Å². The average Bonchev–Trinajstić information content (AvgIpc) is 2.48. The van der Waals surface area contributed by atoms with Gasteiger partial charge >= 0.3 is 0 Å². The van der Waals surface area contributed by atoms with Crippen LogP contribution in [0.2, 0.25) is 0 Å². The second-order valence-corrected chi connectivity index (χ2v) is 5.29. The summed E-state index contributed by atoms with van der Waals surface area (Å²) in [7, 11) is 0. The van der Waals surface area contributed by atoms with E-state index >= 15 is 0 Å². The molecule has 2 N–H and O–H groups in total. The quantitative estimate of drug-likeness (QED) is 0.832. The van der Waals surface area contributed by atoms with Gasteiger partial charge in [-0.2, -0.15) is 0 Å². The second-order valence-electron chi connectivity index (χ2n) is 4.37. The van der Waals surface area contributed by atoms with Crippen molar-refractivity contribution in [3.05, 3.63) is 53.0 Å². The molecule has 0 aliphatic rings. The van der Waals surface area contributed by atoms with Crippen LogP contribution >= 0.6 is 15.9 Å². The van der Waals surface area contributed by atoms with Crippen LogP contribution in [-0.2, 0) is 4.79 Å². The molecule has 110 valence electrons. The number of carbonyl (C=O) groups excluding carboxylic acids is 1. The molecule has 0 atom stereocenters. The topological polar surface area (TPSA) is 50.4 Å². The summed E-state index contributed by atoms with van der Waals surface area (Å²) in [4.78, 5) is 11.9. The number of hydrogen-bond acceptors (Lipinski definition) is 3. The molecule has 2 aromatic rings. The molecule has 2 aromatic carbocycles. The van der Waals surface area contributed by atoms with Crippen LogP contribution in [0, 0.1) is 0 Å². The molecule has 0 aromatic heterocycles. The van der Waals surface area contributed by atoms with Gasteiger partial charge in [0.05, 0.1) is 13.2 Å². The average molecular weight is 349 g/mol. The zero-order valence-electron chi connectivity index (χ0n) is 11.7. The van der Waals surface area contributed by atoms with Gasteiger partial charge < -0.3 is 15.4 Å². The minimum Gasteiger partial charge on any atom is -0.494 e. The Bertz CT molecular complexity index is 599. The Morgan fingerprint density at radius 1 is 1.14 bits per heavy atom. The summed E-state index contributed by atoms with van der Waals surface area (Å²) in [5.41, 5.74) is 1.62. The molecule has 0 unspecified atom stereocenters. The van der Waals surface area contributed by atoms with Gasteiger partial charge in [-0.1, -0.05) is 22.0 Å². The van der Waals surface area contributed by atoms with E-state index in [4.69, 9.17) is 4.74 Å². The van der Waals surface area contributed by atoms with Gasteiger partial charge in [-0.25, -0.2) is 0 Å². The van der Waals surface area contributed by atoms with E-state index in [2.05, 4.69) is 26.6 Å². The highest BCUT2D eigenvalue weighted by Gasteiger charge is 2.03. The number of anilines is 2. The predicted octanol–water partition coefficient (Wildman–Crippen LogP) is 3.90. The van der Waals surface area contributed by atoms with Crippen LogP contribution in [-0.4, -0.2) is 19.1 Å². The maximum atomic E-state index is 11.9. The van der Waals surface area contributed by atoms with E-state index in [-0.39, 0.29) is 12.5 Å². The number of amides is 1. The fourth-order valence-electron chi connectivity index (χ4n) is 1.78. The lowest BCUT2D eigenvalue weighted by Crippen LogP contribution is -2.21. The standard InChI is InChI=1S/C16H17BrN2O2/c1-2-21-15-5-3-4-14(10-15)18-11-16(20)19-13-8-6-12(17)7-9-13/h3-10,18H,2,11H2,1H3,(H,19,20). The van der Waals surface area contributed by atoms with Crippen LogP contribution in [0.1, 0.15) is 6.92 Å². The number of nitrogens with one attached hydrogen (secondary N) is 2. The van der Waals surface area contributed by atoms with Crippen LogP contribution in [0.5, 0.6) is 5.75 Å². The molecule has 0 saturated heterocycles. The second kappa shape index (κ2) is 7.69. The first-order chi connectivity index (χ1) is 10.2. The number of halogens is 1. The van der Waals surface area contributed by atoms with Gasteiger partial charge in [0.25, 0.3) is 0 Å². The minimum absolute atomic E-state index is 0.0980. The van der Waals surface area contributed by atoms with Gasteiger partial charge in [-0.15, -0.1) is 0 Å². The van der Waals surface area contributed by atoms with Crippen molar-refractivity contribution in [2.24, 2.45) is 0 Å². The molecule has 4 nitrogen and oxygen atoms in total. The van der Waals surface area contributed by atoms with Crippen molar-refractivity contribution in [1.29, 1.82) is 0 Å². The maximum absolute atomic E-state index is 11.9. The summed E-state index contributed by atoms with van der Waals surface area (Å²) < 4.78 is 6.39. The summed E-state index contributed by atoms with van der Waals surface area (Å²) in [6.07, 6.45) is 0. The molecule has 0 spiro atoms. The maximum Gasteiger partial charge on any atom is 0.243 e. The normalized spacial score (nSPS) is 10.0. The Kier molecular flexibility index (Phi) is 5.63. The predicted molar refractivity (Wildman–Crippen MR) is 88.9 cm³/mol. The summed E-state index contributed by atoms with van der Waals surface area (Å²) in [5, 5.41) is 5.90. The van der Waals surface area contributed by atoms with Gasteiger partial charge in [0.15, 0.2) is 0 Å². The van der Waals surface area contributed by atoms with Crippen LogP contribution in [0.25, 0.3) is 0 Å². The van der Waals surface area contributed by atoms with E-state index < -0.39 is 0 Å². The van der Waals surface area contributed by atoms with E-state index in [1.807, 2.05) is 55.5 Å². The van der Waals surface area contributed by atoms with E-state index in [0.717, 1.165) is 21.6 Å². The van der Waals surface area contributed by atoms with Gasteiger partial charge in [0.1, 0.15) is 5.75 Å². The highest BCUT2D eigenvalue weighted by Crippen LogP contribution is 2.17. The molecule has 1 amide bonds. The molecule has 0 aliphatic heterocycles. The fourth-order valence-corrected chi connectivity index (χ4v) is 2.05. The van der Waals surface area contributed by atoms with Crippen molar-refractivity contribution >= 4 is 33.2 Å². The van der Waals surface area contributed by atoms with E-state index in [0.29, 0.717) is 6.61 Å². The first-order valence-electron chi connectivity index (χ1n) is 6.69. The minimum atomic E-state index is -0.0980. The molecule has 5 heteroatoms. The van der Waals surface area contributed by atoms with Crippen LogP contribution in [0.4, 0.5) is 11.4 Å². The summed E-state index contributed by atoms with van der Waals surface area (Å²) in [6.45, 7) is 2.75. The molecule has 0 fully saturated rings. The first kappa shape index (κ1) is 15.4. The number of carbonyl (C=O) groups is 1. The molecule has 0 aliphatic carbocycles. The summed E-state index contributed by atoms with van der Waals surface area (Å²) in [6, 6.07) is 15.0. The third kappa shape index (κ3) is 5.11. The largest absolute Gasteiger partial charge is 0.494 e. The lowest BCUT2D eigenvalue weighted by Gasteiger charge is -2.09. The molecule has 2 rings (SSSR count). The molecule has 0 heterocycles. The van der Waals surface area contributed by atoms with Crippen LogP contribution in [0.3, 0.4) is 0 Å². The lowest BCUT2D eigenvalue weighted by molar-refractivity contribution is -0.114. The van der Waals surface area contributed by atoms with Crippen molar-refractivity contribution in [3.63, 3.8) is 0 Å². The number of hydrogen-bond donors (Lipinski definition) is 2. The summed E-state index contributed by atoms with van der Waals surface area (Å²) >= 11 is 3.36. The van der Waals surface area contributed by atoms with Crippen molar-refractivity contribution in [3.8, 4) is 5.75 Å². The Morgan fingerprint density at radius 3 is 2.62 bits per heavy atom. The van der Waals surface area contributed by atoms with Gasteiger partial charge in [-0.3, -0.25) is 4.79 Å². The Labute approximate surface area is 132 Å². The highest BCUT2D eigenvalue weighted by atomic mass is 79.9. The molecule has 0 bridgehead atoms. The van der Waals surface area contributed by atoms with E-state index in [1.54, 1.807) is 0 Å². The van der Waals surface area contributed by atoms with Crippen LogP contribution in [0.15, 0.2) is 53.0 Å². The third-order valence-electron chi connectivity index (χ3n) is 2.73. The molecule has 0 radical (unpaired) electrons. The highest BCUT2D eigenvalue weighted by molar-refractivity contribution is 9.10. The van der Waals surface area contributed by atoms with Crippen molar-refractivity contribution in [2.75, 3.05) is 23.8 Å². The Morgan fingerprint density at radius 2 is 1.90 bits per heavy atom. The number of rotatable bonds is 6. The Hall–Kier alpha value is -2.01. The Balaban J connectivity index is 1.86. The lowest BCUT2D eigenvalue weighted by atomic mass is 10.3. The molecule has 0 saturated carbocycles. The zero-order valence-corrected chi connectivity index (χ0v) is 13.3. The third-order valence-corrected chi connectivity index (χ3v) is 3.25. The van der Waals surface area contributed by atoms with Gasteiger partial charge in [0, 0.05) is 21.9 Å². The van der Waals surface area contributed by atoms with Crippen LogP contribution < -0.4 is 15.4 Å². The van der Waals surface area contributed by atoms with Gasteiger partial charge in [-0.05, 0) is 43.3 Å². The van der Waals surface area contributed by atoms with E-state index in [9.17, 15) is 4.79 Å². The van der Waals surface area contributed by atoms with Crippen molar-refractivity contribution in [2.45, 2.75) is 6.92 Å². The molecule has 21 heavy (non-hydrogen) atoms. The smallest absolute Gasteiger partial charge is 0.243 e. The first-order valence-corrected chi connectivity index (χ1v) is 7.49. The fraction of sp³-hybridized carbons (Fsp3) is 0.188. The summed E-state index contributed by atoms with van der Waals surface area (Å²) in [5.74, 6) is 0.690. The van der Waals surface area contributed by atoms with Crippen molar-refractivity contribution < 1.29 is 9.53 Å².